The number of thiazole rings is 1. The van der Waals surface area contributed by atoms with Gasteiger partial charge in [-0.2, -0.15) is 0 Å². The number of carbonyl (C=O) groups is 1. The Hall–Kier alpha value is -2.99. The predicted molar refractivity (Wildman–Crippen MR) is 95.2 cm³/mol. The van der Waals surface area contributed by atoms with Crippen molar-refractivity contribution >= 4 is 32.6 Å². The zero-order valence-corrected chi connectivity index (χ0v) is 13.9. The van der Waals surface area contributed by atoms with Crippen molar-refractivity contribution < 1.29 is 13.6 Å². The second kappa shape index (κ2) is 6.49. The van der Waals surface area contributed by atoms with Crippen LogP contribution in [-0.2, 0) is 6.54 Å². The molecule has 0 aliphatic carbocycles. The third kappa shape index (κ3) is 3.16. The lowest BCUT2D eigenvalue weighted by molar-refractivity contribution is 0.0958. The Balaban J connectivity index is 1.76. The molecule has 0 saturated carbocycles. The minimum Gasteiger partial charge on any atom is -0.459 e. The summed E-state index contributed by atoms with van der Waals surface area (Å²) in [5.74, 6) is -0.371. The minimum atomic E-state index is -0.324. The first kappa shape index (κ1) is 15.5. The molecule has 0 aliphatic rings. The van der Waals surface area contributed by atoms with Gasteiger partial charge >= 0.3 is 0 Å². The lowest BCUT2D eigenvalue weighted by Crippen LogP contribution is -2.30. The number of hydrogen-bond donors (Lipinski definition) is 0. The molecule has 6 heteroatoms. The van der Waals surface area contributed by atoms with Gasteiger partial charge < -0.3 is 4.42 Å². The van der Waals surface area contributed by atoms with Crippen LogP contribution in [0.5, 0.6) is 0 Å². The Morgan fingerprint density at radius 2 is 1.96 bits per heavy atom. The number of hydrogen-bond acceptors (Lipinski definition) is 4. The van der Waals surface area contributed by atoms with E-state index < -0.39 is 0 Å². The maximum atomic E-state index is 13.5. The number of halogens is 1. The lowest BCUT2D eigenvalue weighted by Gasteiger charge is -2.18. The van der Waals surface area contributed by atoms with Crippen LogP contribution in [0.3, 0.4) is 0 Å². The van der Waals surface area contributed by atoms with Crippen LogP contribution in [-0.4, -0.2) is 10.9 Å². The Kier molecular flexibility index (Phi) is 4.03. The van der Waals surface area contributed by atoms with E-state index in [0.717, 1.165) is 5.56 Å². The maximum Gasteiger partial charge on any atom is 0.296 e. The number of benzene rings is 2. The van der Waals surface area contributed by atoms with E-state index in [0.29, 0.717) is 21.9 Å². The van der Waals surface area contributed by atoms with Gasteiger partial charge in [-0.1, -0.05) is 41.7 Å². The summed E-state index contributed by atoms with van der Waals surface area (Å²) in [6.45, 7) is 0.350. The Labute approximate surface area is 147 Å². The van der Waals surface area contributed by atoms with Crippen molar-refractivity contribution in [3.05, 3.63) is 84.1 Å². The van der Waals surface area contributed by atoms with Gasteiger partial charge in [0.15, 0.2) is 10.9 Å². The average molecular weight is 352 g/mol. The molecule has 124 valence electrons. The van der Waals surface area contributed by atoms with Crippen LogP contribution in [0, 0.1) is 5.82 Å². The highest BCUT2D eigenvalue weighted by Gasteiger charge is 2.23. The molecule has 1 amide bonds. The van der Waals surface area contributed by atoms with Crippen LogP contribution in [0.15, 0.2) is 71.3 Å². The minimum absolute atomic E-state index is 0.237. The number of furan rings is 1. The van der Waals surface area contributed by atoms with Crippen LogP contribution in [0.25, 0.3) is 10.2 Å². The number of fused-ring (bicyclic) bond motifs is 1. The van der Waals surface area contributed by atoms with Gasteiger partial charge in [-0.05, 0) is 35.9 Å². The number of carbonyl (C=O) groups excluding carboxylic acids is 1. The lowest BCUT2D eigenvalue weighted by atomic mass is 10.2. The molecule has 25 heavy (non-hydrogen) atoms. The van der Waals surface area contributed by atoms with E-state index in [2.05, 4.69) is 4.98 Å². The summed E-state index contributed by atoms with van der Waals surface area (Å²) in [7, 11) is 0. The van der Waals surface area contributed by atoms with E-state index in [1.165, 1.54) is 29.7 Å². The van der Waals surface area contributed by atoms with Crippen molar-refractivity contribution in [1.29, 1.82) is 0 Å². The van der Waals surface area contributed by atoms with Gasteiger partial charge in [0, 0.05) is 0 Å². The number of aromatic nitrogens is 1. The fourth-order valence-corrected chi connectivity index (χ4v) is 3.52. The van der Waals surface area contributed by atoms with Crippen molar-refractivity contribution in [3.8, 4) is 0 Å². The van der Waals surface area contributed by atoms with E-state index in [4.69, 9.17) is 4.42 Å². The molecule has 0 fully saturated rings. The van der Waals surface area contributed by atoms with Crippen molar-refractivity contribution in [2.45, 2.75) is 6.54 Å². The highest BCUT2D eigenvalue weighted by Crippen LogP contribution is 2.31. The summed E-state index contributed by atoms with van der Waals surface area (Å²) < 4.78 is 19.4. The van der Waals surface area contributed by atoms with E-state index in [9.17, 15) is 9.18 Å². The van der Waals surface area contributed by atoms with E-state index in [-0.39, 0.29) is 17.5 Å². The zero-order chi connectivity index (χ0) is 17.2. The number of nitrogens with zero attached hydrogens (tertiary/aromatic N) is 2. The third-order valence-electron chi connectivity index (χ3n) is 3.73. The summed E-state index contributed by atoms with van der Waals surface area (Å²) in [4.78, 5) is 18.9. The van der Waals surface area contributed by atoms with E-state index in [1.807, 2.05) is 30.3 Å². The molecule has 4 aromatic rings. The van der Waals surface area contributed by atoms with Gasteiger partial charge in [0.05, 0.1) is 23.0 Å². The van der Waals surface area contributed by atoms with Gasteiger partial charge in [0.25, 0.3) is 5.91 Å². The molecule has 0 N–H and O–H groups in total. The summed E-state index contributed by atoms with van der Waals surface area (Å²) in [6.07, 6.45) is 1.46. The predicted octanol–water partition coefficient (Wildman–Crippen LogP) is 4.88. The number of rotatable bonds is 4. The zero-order valence-electron chi connectivity index (χ0n) is 13.1. The van der Waals surface area contributed by atoms with Crippen LogP contribution in [0.1, 0.15) is 16.1 Å². The Bertz CT molecular complexity index is 1010. The molecule has 0 radical (unpaired) electrons. The number of amides is 1. The molecule has 0 bridgehead atoms. The molecule has 0 spiro atoms. The van der Waals surface area contributed by atoms with E-state index in [1.54, 1.807) is 23.1 Å². The summed E-state index contributed by atoms with van der Waals surface area (Å²) in [6, 6.07) is 17.3. The van der Waals surface area contributed by atoms with Gasteiger partial charge in [0.2, 0.25) is 0 Å². The monoisotopic (exact) mass is 352 g/mol. The van der Waals surface area contributed by atoms with Crippen LogP contribution in [0.4, 0.5) is 9.52 Å². The topological polar surface area (TPSA) is 46.3 Å². The molecule has 0 saturated heterocycles. The summed E-state index contributed by atoms with van der Waals surface area (Å²) >= 11 is 1.28. The Morgan fingerprint density at radius 1 is 1.12 bits per heavy atom. The number of anilines is 1. The fraction of sp³-hybridized carbons (Fsp3) is 0.0526. The van der Waals surface area contributed by atoms with E-state index >= 15 is 0 Å². The first-order valence-corrected chi connectivity index (χ1v) is 8.48. The molecule has 0 unspecified atom stereocenters. The normalized spacial score (nSPS) is 10.9. The third-order valence-corrected chi connectivity index (χ3v) is 4.77. The maximum absolute atomic E-state index is 13.5. The van der Waals surface area contributed by atoms with Gasteiger partial charge in [-0.3, -0.25) is 9.69 Å². The first-order valence-electron chi connectivity index (χ1n) is 7.66. The van der Waals surface area contributed by atoms with Crippen molar-refractivity contribution in [3.63, 3.8) is 0 Å². The van der Waals surface area contributed by atoms with Crippen molar-refractivity contribution in [1.82, 2.24) is 4.98 Å². The van der Waals surface area contributed by atoms with Crippen LogP contribution < -0.4 is 4.90 Å². The molecule has 2 aromatic carbocycles. The second-order valence-corrected chi connectivity index (χ2v) is 6.47. The molecule has 0 atom stereocenters. The summed E-state index contributed by atoms with van der Waals surface area (Å²) in [5, 5.41) is 0.505. The Morgan fingerprint density at radius 3 is 2.72 bits per heavy atom. The SMILES string of the molecule is O=C(c1ccco1)N(Cc1ccccc1)c1nc2ccc(F)cc2s1. The molecule has 2 heterocycles. The van der Waals surface area contributed by atoms with Crippen molar-refractivity contribution in [2.24, 2.45) is 0 Å². The molecule has 4 rings (SSSR count). The molecule has 2 aromatic heterocycles. The fourth-order valence-electron chi connectivity index (χ4n) is 2.53. The molecular weight excluding hydrogens is 339 g/mol. The smallest absolute Gasteiger partial charge is 0.296 e. The van der Waals surface area contributed by atoms with Crippen molar-refractivity contribution in [2.75, 3.05) is 4.90 Å². The highest BCUT2D eigenvalue weighted by molar-refractivity contribution is 7.22. The highest BCUT2D eigenvalue weighted by atomic mass is 32.1. The largest absolute Gasteiger partial charge is 0.459 e. The molecule has 0 aliphatic heterocycles. The second-order valence-electron chi connectivity index (χ2n) is 5.46. The quantitative estimate of drug-likeness (QED) is 0.526. The van der Waals surface area contributed by atoms with Crippen LogP contribution >= 0.6 is 11.3 Å². The summed E-state index contributed by atoms with van der Waals surface area (Å²) in [5.41, 5.74) is 1.62. The molecule has 4 nitrogen and oxygen atoms in total. The first-order chi connectivity index (χ1) is 12.2. The van der Waals surface area contributed by atoms with Gasteiger partial charge in [-0.15, -0.1) is 0 Å². The standard InChI is InChI=1S/C19H13FN2O2S/c20-14-8-9-15-17(11-14)25-19(21-15)22(12-13-5-2-1-3-6-13)18(23)16-7-4-10-24-16/h1-11H,12H2. The van der Waals surface area contributed by atoms with Gasteiger partial charge in [-0.25, -0.2) is 9.37 Å². The van der Waals surface area contributed by atoms with Gasteiger partial charge in [0.1, 0.15) is 5.82 Å². The van der Waals surface area contributed by atoms with Crippen LogP contribution in [0.2, 0.25) is 0 Å². The molecular formula is C19H13FN2O2S. The average Bonchev–Trinajstić information content (AvgIpc) is 3.29.